The zero-order chi connectivity index (χ0) is 19.1. The lowest BCUT2D eigenvalue weighted by Crippen LogP contribution is -2.24. The molecule has 0 aliphatic carbocycles. The third kappa shape index (κ3) is 5.09. The maximum absolute atomic E-state index is 13.7. The number of amides is 2. The van der Waals surface area contributed by atoms with Gasteiger partial charge in [0.2, 0.25) is 5.91 Å². The molecule has 9 heteroatoms. The third-order valence-electron chi connectivity index (χ3n) is 3.35. The van der Waals surface area contributed by atoms with E-state index >= 15 is 0 Å². The molecule has 1 aromatic carbocycles. The van der Waals surface area contributed by atoms with Crippen LogP contribution >= 0.6 is 11.3 Å². The fourth-order valence-electron chi connectivity index (χ4n) is 2.07. The molecule has 0 unspecified atom stereocenters. The molecule has 0 saturated heterocycles. The van der Waals surface area contributed by atoms with Gasteiger partial charge in [0, 0.05) is 19.0 Å². The highest BCUT2D eigenvalue weighted by Crippen LogP contribution is 2.20. The number of esters is 1. The largest absolute Gasteiger partial charge is 0.465 e. The molecule has 0 aliphatic rings. The molecule has 2 N–H and O–H groups in total. The number of carbonyl (C=O) groups excluding carboxylic acids is 3. The molecule has 0 saturated carbocycles. The van der Waals surface area contributed by atoms with Gasteiger partial charge in [0.05, 0.1) is 23.2 Å². The topological polar surface area (TPSA) is 84.5 Å². The summed E-state index contributed by atoms with van der Waals surface area (Å²) in [5.74, 6) is -3.82. The molecule has 6 nitrogen and oxygen atoms in total. The normalized spacial score (nSPS) is 10.3. The Morgan fingerprint density at radius 1 is 1.19 bits per heavy atom. The highest BCUT2D eigenvalue weighted by atomic mass is 32.1. The van der Waals surface area contributed by atoms with E-state index in [1.54, 1.807) is 17.5 Å². The van der Waals surface area contributed by atoms with Crippen LogP contribution in [0.25, 0.3) is 0 Å². The first-order chi connectivity index (χ1) is 12.4. The van der Waals surface area contributed by atoms with Gasteiger partial charge in [-0.25, -0.2) is 13.6 Å². The number of thiophene rings is 1. The number of hydrogen-bond donors (Lipinski definition) is 2. The molecule has 138 valence electrons. The first-order valence-corrected chi connectivity index (χ1v) is 8.49. The molecule has 2 aromatic rings. The summed E-state index contributed by atoms with van der Waals surface area (Å²) in [6, 6.07) is 4.83. The summed E-state index contributed by atoms with van der Waals surface area (Å²) in [5, 5.41) is 6.71. The summed E-state index contributed by atoms with van der Waals surface area (Å²) < 4.78 is 31.7. The van der Waals surface area contributed by atoms with Gasteiger partial charge in [-0.2, -0.15) is 0 Å². The Bertz CT molecular complexity index is 809. The van der Waals surface area contributed by atoms with E-state index in [-0.39, 0.29) is 24.6 Å². The molecule has 0 aliphatic heterocycles. The van der Waals surface area contributed by atoms with E-state index in [4.69, 9.17) is 0 Å². The Hall–Kier alpha value is -2.81. The van der Waals surface area contributed by atoms with E-state index in [1.165, 1.54) is 11.3 Å². The van der Waals surface area contributed by atoms with Crippen LogP contribution < -0.4 is 10.6 Å². The summed E-state index contributed by atoms with van der Waals surface area (Å²) in [6.07, 6.45) is 0.338. The Kier molecular flexibility index (Phi) is 6.79. The van der Waals surface area contributed by atoms with Crippen LogP contribution in [-0.4, -0.2) is 31.4 Å². The molecule has 0 radical (unpaired) electrons. The standard InChI is InChI=1S/C17H16F2N2O4S/c1-25-17(24)10-8-13(12(19)9-11(10)18)21-15(22)5-2-6-20-16(23)14-4-3-7-26-14/h3-4,7-9H,2,5-6H2,1H3,(H,20,23)(H,21,22). The van der Waals surface area contributed by atoms with Gasteiger partial charge in [-0.1, -0.05) is 6.07 Å². The lowest BCUT2D eigenvalue weighted by Gasteiger charge is -2.09. The maximum Gasteiger partial charge on any atom is 0.340 e. The van der Waals surface area contributed by atoms with E-state index < -0.39 is 29.1 Å². The Balaban J connectivity index is 1.85. The molecule has 0 bridgehead atoms. The van der Waals surface area contributed by atoms with Gasteiger partial charge in [0.25, 0.3) is 5.91 Å². The van der Waals surface area contributed by atoms with Gasteiger partial charge in [0.1, 0.15) is 11.6 Å². The molecule has 0 fully saturated rings. The fourth-order valence-corrected chi connectivity index (χ4v) is 2.71. The van der Waals surface area contributed by atoms with Crippen LogP contribution in [0, 0.1) is 11.6 Å². The van der Waals surface area contributed by atoms with Crippen molar-refractivity contribution < 1.29 is 27.9 Å². The van der Waals surface area contributed by atoms with Crippen molar-refractivity contribution in [2.45, 2.75) is 12.8 Å². The molecule has 26 heavy (non-hydrogen) atoms. The predicted octanol–water partition coefficient (Wildman–Crippen LogP) is 2.96. The number of anilines is 1. The lowest BCUT2D eigenvalue weighted by atomic mass is 10.1. The van der Waals surface area contributed by atoms with E-state index in [0.29, 0.717) is 17.4 Å². The van der Waals surface area contributed by atoms with Gasteiger partial charge in [-0.15, -0.1) is 11.3 Å². The second kappa shape index (κ2) is 9.04. The van der Waals surface area contributed by atoms with Crippen molar-refractivity contribution in [1.29, 1.82) is 0 Å². The van der Waals surface area contributed by atoms with E-state index in [9.17, 15) is 23.2 Å². The van der Waals surface area contributed by atoms with Crippen molar-refractivity contribution in [2.75, 3.05) is 19.0 Å². The minimum atomic E-state index is -1.08. The Labute approximate surface area is 152 Å². The van der Waals surface area contributed by atoms with E-state index in [1.807, 2.05) is 0 Å². The summed E-state index contributed by atoms with van der Waals surface area (Å²) >= 11 is 1.30. The Morgan fingerprint density at radius 2 is 1.96 bits per heavy atom. The van der Waals surface area contributed by atoms with Crippen molar-refractivity contribution in [1.82, 2.24) is 5.32 Å². The van der Waals surface area contributed by atoms with Crippen molar-refractivity contribution in [3.8, 4) is 0 Å². The van der Waals surface area contributed by atoms with Crippen LogP contribution in [0.5, 0.6) is 0 Å². The molecule has 1 heterocycles. The van der Waals surface area contributed by atoms with Crippen LogP contribution in [-0.2, 0) is 9.53 Å². The fraction of sp³-hybridized carbons (Fsp3) is 0.235. The average Bonchev–Trinajstić information content (AvgIpc) is 3.15. The van der Waals surface area contributed by atoms with Gasteiger partial charge in [-0.05, 0) is 23.9 Å². The van der Waals surface area contributed by atoms with Crippen molar-refractivity contribution in [3.05, 3.63) is 51.7 Å². The van der Waals surface area contributed by atoms with Gasteiger partial charge < -0.3 is 15.4 Å². The Morgan fingerprint density at radius 3 is 2.62 bits per heavy atom. The molecule has 2 rings (SSSR count). The molecular formula is C17H16F2N2O4S. The predicted molar refractivity (Wildman–Crippen MR) is 92.2 cm³/mol. The summed E-state index contributed by atoms with van der Waals surface area (Å²) in [4.78, 5) is 35.6. The van der Waals surface area contributed by atoms with Crippen molar-refractivity contribution in [2.24, 2.45) is 0 Å². The molecule has 2 amide bonds. The number of rotatable bonds is 7. The average molecular weight is 382 g/mol. The first kappa shape index (κ1) is 19.5. The van der Waals surface area contributed by atoms with Crippen LogP contribution in [0.4, 0.5) is 14.5 Å². The third-order valence-corrected chi connectivity index (χ3v) is 4.22. The molecular weight excluding hydrogens is 366 g/mol. The number of halogens is 2. The smallest absolute Gasteiger partial charge is 0.340 e. The number of ether oxygens (including phenoxy) is 1. The minimum Gasteiger partial charge on any atom is -0.465 e. The zero-order valence-corrected chi connectivity index (χ0v) is 14.6. The van der Waals surface area contributed by atoms with Crippen LogP contribution in [0.3, 0.4) is 0 Å². The molecule has 0 spiro atoms. The first-order valence-electron chi connectivity index (χ1n) is 7.61. The van der Waals surface area contributed by atoms with Gasteiger partial charge in [-0.3, -0.25) is 9.59 Å². The number of carbonyl (C=O) groups is 3. The number of nitrogens with one attached hydrogen (secondary N) is 2. The van der Waals surface area contributed by atoms with E-state index in [0.717, 1.165) is 13.2 Å². The molecule has 0 atom stereocenters. The number of benzene rings is 1. The van der Waals surface area contributed by atoms with Gasteiger partial charge >= 0.3 is 5.97 Å². The summed E-state index contributed by atoms with van der Waals surface area (Å²) in [5.41, 5.74) is -0.799. The van der Waals surface area contributed by atoms with E-state index in [2.05, 4.69) is 15.4 Å². The highest BCUT2D eigenvalue weighted by Gasteiger charge is 2.17. The maximum atomic E-state index is 13.7. The van der Waals surface area contributed by atoms with Crippen LogP contribution in [0.2, 0.25) is 0 Å². The van der Waals surface area contributed by atoms with Crippen LogP contribution in [0.1, 0.15) is 32.9 Å². The lowest BCUT2D eigenvalue weighted by molar-refractivity contribution is -0.116. The van der Waals surface area contributed by atoms with Crippen molar-refractivity contribution >= 4 is 34.8 Å². The monoisotopic (exact) mass is 382 g/mol. The second-order valence-electron chi connectivity index (χ2n) is 5.19. The second-order valence-corrected chi connectivity index (χ2v) is 6.14. The number of methoxy groups -OCH3 is 1. The number of hydrogen-bond acceptors (Lipinski definition) is 5. The SMILES string of the molecule is COC(=O)c1cc(NC(=O)CCCNC(=O)c2cccs2)c(F)cc1F. The molecule has 1 aromatic heterocycles. The summed E-state index contributed by atoms with van der Waals surface area (Å²) in [7, 11) is 1.06. The minimum absolute atomic E-state index is 0.00902. The zero-order valence-electron chi connectivity index (χ0n) is 13.8. The highest BCUT2D eigenvalue weighted by molar-refractivity contribution is 7.12. The quantitative estimate of drug-likeness (QED) is 0.570. The van der Waals surface area contributed by atoms with Crippen LogP contribution in [0.15, 0.2) is 29.6 Å². The summed E-state index contributed by atoms with van der Waals surface area (Å²) in [6.45, 7) is 0.267. The van der Waals surface area contributed by atoms with Gasteiger partial charge in [0.15, 0.2) is 0 Å². The van der Waals surface area contributed by atoms with Crippen molar-refractivity contribution in [3.63, 3.8) is 0 Å².